The van der Waals surface area contributed by atoms with Crippen LogP contribution in [0.3, 0.4) is 0 Å². The molecule has 0 spiro atoms. The molecule has 0 aromatic heterocycles. The van der Waals surface area contributed by atoms with Gasteiger partial charge in [-0.05, 0) is 67.1 Å². The van der Waals surface area contributed by atoms with Crippen molar-refractivity contribution in [3.63, 3.8) is 0 Å². The van der Waals surface area contributed by atoms with Gasteiger partial charge < -0.3 is 19.5 Å². The summed E-state index contributed by atoms with van der Waals surface area (Å²) >= 11 is 0. The molecule has 0 saturated carbocycles. The maximum atomic E-state index is 13.2. The van der Waals surface area contributed by atoms with Gasteiger partial charge in [0.2, 0.25) is 0 Å². The SMILES string of the molecule is CCOc1cc(/C=C2\C(=O)NC(=O)N(c3ccc(C(=O)OC)cc3)C2=O)ccc1OCC(=O)Nc1ccccc1. The highest BCUT2D eigenvalue weighted by Gasteiger charge is 2.37. The molecule has 204 valence electrons. The number of ether oxygens (including phenoxy) is 3. The van der Waals surface area contributed by atoms with Gasteiger partial charge in [0.25, 0.3) is 17.7 Å². The predicted molar refractivity (Wildman–Crippen MR) is 145 cm³/mol. The van der Waals surface area contributed by atoms with Crippen LogP contribution >= 0.6 is 0 Å². The molecule has 1 aliphatic heterocycles. The molecule has 3 aromatic rings. The number of anilines is 2. The molecule has 2 N–H and O–H groups in total. The van der Waals surface area contributed by atoms with Crippen LogP contribution < -0.4 is 25.0 Å². The number of imide groups is 2. The van der Waals surface area contributed by atoms with Gasteiger partial charge in [-0.1, -0.05) is 24.3 Å². The number of nitrogens with zero attached hydrogens (tertiary/aromatic N) is 1. The Kier molecular flexibility index (Phi) is 8.55. The number of carbonyl (C=O) groups is 5. The van der Waals surface area contributed by atoms with Crippen molar-refractivity contribution in [1.82, 2.24) is 5.32 Å². The molecule has 3 aromatic carbocycles. The van der Waals surface area contributed by atoms with Gasteiger partial charge in [0, 0.05) is 5.69 Å². The van der Waals surface area contributed by atoms with Crippen LogP contribution in [-0.4, -0.2) is 50.0 Å². The quantitative estimate of drug-likeness (QED) is 0.237. The molecule has 40 heavy (non-hydrogen) atoms. The fourth-order valence-electron chi connectivity index (χ4n) is 3.79. The average molecular weight is 544 g/mol. The maximum Gasteiger partial charge on any atom is 0.337 e. The van der Waals surface area contributed by atoms with Crippen LogP contribution in [0.2, 0.25) is 0 Å². The number of carbonyl (C=O) groups excluding carboxylic acids is 5. The van der Waals surface area contributed by atoms with Gasteiger partial charge >= 0.3 is 12.0 Å². The Balaban J connectivity index is 1.54. The summed E-state index contributed by atoms with van der Waals surface area (Å²) in [4.78, 5) is 63.1. The molecule has 4 rings (SSSR count). The molecule has 0 bridgehead atoms. The van der Waals surface area contributed by atoms with Crippen molar-refractivity contribution in [3.8, 4) is 11.5 Å². The first-order valence-corrected chi connectivity index (χ1v) is 12.1. The molecular formula is C29H25N3O8. The zero-order chi connectivity index (χ0) is 28.6. The van der Waals surface area contributed by atoms with Crippen molar-refractivity contribution >= 4 is 47.2 Å². The minimum atomic E-state index is -0.925. The fourth-order valence-corrected chi connectivity index (χ4v) is 3.79. The Bertz CT molecular complexity index is 1480. The van der Waals surface area contributed by atoms with Crippen molar-refractivity contribution in [2.45, 2.75) is 6.92 Å². The largest absolute Gasteiger partial charge is 0.490 e. The van der Waals surface area contributed by atoms with E-state index in [1.807, 2.05) is 6.07 Å². The Hall–Kier alpha value is -5.45. The van der Waals surface area contributed by atoms with Crippen LogP contribution in [0.1, 0.15) is 22.8 Å². The van der Waals surface area contributed by atoms with Gasteiger partial charge in [0.05, 0.1) is 25.0 Å². The number of esters is 1. The Morgan fingerprint density at radius 1 is 0.925 bits per heavy atom. The van der Waals surface area contributed by atoms with E-state index >= 15 is 0 Å². The number of hydrogen-bond donors (Lipinski definition) is 2. The van der Waals surface area contributed by atoms with Crippen LogP contribution in [0.4, 0.5) is 16.2 Å². The summed E-state index contributed by atoms with van der Waals surface area (Å²) in [6.07, 6.45) is 1.31. The van der Waals surface area contributed by atoms with Crippen molar-refractivity contribution in [2.75, 3.05) is 30.5 Å². The van der Waals surface area contributed by atoms with Gasteiger partial charge in [0.15, 0.2) is 18.1 Å². The van der Waals surface area contributed by atoms with E-state index in [1.54, 1.807) is 49.4 Å². The van der Waals surface area contributed by atoms with Crippen molar-refractivity contribution in [3.05, 3.63) is 89.5 Å². The van der Waals surface area contributed by atoms with Crippen LogP contribution in [0.5, 0.6) is 11.5 Å². The third-order valence-electron chi connectivity index (χ3n) is 5.64. The van der Waals surface area contributed by atoms with E-state index in [4.69, 9.17) is 9.47 Å². The summed E-state index contributed by atoms with van der Waals surface area (Å²) in [5.74, 6) is -2.09. The first kappa shape index (κ1) is 27.6. The number of barbiturate groups is 1. The average Bonchev–Trinajstić information content (AvgIpc) is 2.95. The van der Waals surface area contributed by atoms with Crippen molar-refractivity contribution < 1.29 is 38.2 Å². The summed E-state index contributed by atoms with van der Waals surface area (Å²) in [5.41, 5.74) is 1.13. The molecular weight excluding hydrogens is 518 g/mol. The molecule has 1 saturated heterocycles. The molecule has 0 radical (unpaired) electrons. The second kappa shape index (κ2) is 12.4. The van der Waals surface area contributed by atoms with Gasteiger partial charge in [-0.15, -0.1) is 0 Å². The van der Waals surface area contributed by atoms with E-state index in [1.165, 1.54) is 37.5 Å². The molecule has 0 aliphatic carbocycles. The van der Waals surface area contributed by atoms with E-state index in [2.05, 4.69) is 15.4 Å². The number of amides is 5. The summed E-state index contributed by atoms with van der Waals surface area (Å²) in [6.45, 7) is 1.78. The number of para-hydroxylation sites is 1. The van der Waals surface area contributed by atoms with E-state index in [0.717, 1.165) is 4.90 Å². The van der Waals surface area contributed by atoms with Gasteiger partial charge in [-0.3, -0.25) is 19.7 Å². The standard InChI is InChI=1S/C29H25N3O8/c1-3-39-24-16-18(9-14-23(24)40-17-25(33)30-20-7-5-4-6-8-20)15-22-26(34)31-29(37)32(27(22)35)21-12-10-19(11-13-21)28(36)38-2/h4-16H,3,17H2,1-2H3,(H,30,33)(H,31,34,37)/b22-15+. The second-order valence-corrected chi connectivity index (χ2v) is 8.34. The lowest BCUT2D eigenvalue weighted by molar-refractivity contribution is -0.122. The highest BCUT2D eigenvalue weighted by atomic mass is 16.5. The van der Waals surface area contributed by atoms with E-state index in [-0.39, 0.29) is 41.7 Å². The molecule has 11 nitrogen and oxygen atoms in total. The number of benzene rings is 3. The molecule has 0 atom stereocenters. The number of rotatable bonds is 9. The number of hydrogen-bond acceptors (Lipinski definition) is 8. The molecule has 11 heteroatoms. The van der Waals surface area contributed by atoms with E-state index in [0.29, 0.717) is 17.0 Å². The van der Waals surface area contributed by atoms with Crippen LogP contribution in [-0.2, 0) is 19.1 Å². The first-order valence-electron chi connectivity index (χ1n) is 12.1. The molecule has 1 fully saturated rings. The molecule has 1 heterocycles. The third-order valence-corrected chi connectivity index (χ3v) is 5.64. The number of methoxy groups -OCH3 is 1. The molecule has 5 amide bonds. The first-order chi connectivity index (χ1) is 19.3. The van der Waals surface area contributed by atoms with Gasteiger partial charge in [-0.2, -0.15) is 0 Å². The predicted octanol–water partition coefficient (Wildman–Crippen LogP) is 3.56. The van der Waals surface area contributed by atoms with E-state index in [9.17, 15) is 24.0 Å². The highest BCUT2D eigenvalue weighted by molar-refractivity contribution is 6.39. The Morgan fingerprint density at radius 2 is 1.65 bits per heavy atom. The molecule has 0 unspecified atom stereocenters. The number of nitrogens with one attached hydrogen (secondary N) is 2. The van der Waals surface area contributed by atoms with Crippen molar-refractivity contribution in [1.29, 1.82) is 0 Å². The zero-order valence-electron chi connectivity index (χ0n) is 21.6. The third kappa shape index (κ3) is 6.33. The summed E-state index contributed by atoms with van der Waals surface area (Å²) in [6, 6.07) is 18.3. The Labute approximate surface area is 229 Å². The topological polar surface area (TPSA) is 140 Å². The maximum absolute atomic E-state index is 13.2. The smallest absolute Gasteiger partial charge is 0.337 e. The highest BCUT2D eigenvalue weighted by Crippen LogP contribution is 2.30. The van der Waals surface area contributed by atoms with Crippen LogP contribution in [0.15, 0.2) is 78.4 Å². The lowest BCUT2D eigenvalue weighted by atomic mass is 10.1. The zero-order valence-corrected chi connectivity index (χ0v) is 21.6. The van der Waals surface area contributed by atoms with Gasteiger partial charge in [-0.25, -0.2) is 14.5 Å². The number of urea groups is 1. The lowest BCUT2D eigenvalue weighted by Crippen LogP contribution is -2.54. The normalized spacial score (nSPS) is 14.0. The van der Waals surface area contributed by atoms with Crippen LogP contribution in [0.25, 0.3) is 6.08 Å². The lowest BCUT2D eigenvalue weighted by Gasteiger charge is -2.26. The van der Waals surface area contributed by atoms with Crippen molar-refractivity contribution in [2.24, 2.45) is 0 Å². The summed E-state index contributed by atoms with van der Waals surface area (Å²) < 4.78 is 15.9. The van der Waals surface area contributed by atoms with Crippen LogP contribution in [0, 0.1) is 0 Å². The molecule has 1 aliphatic rings. The monoisotopic (exact) mass is 543 g/mol. The summed E-state index contributed by atoms with van der Waals surface area (Å²) in [5, 5.41) is 4.87. The van der Waals surface area contributed by atoms with E-state index < -0.39 is 23.8 Å². The minimum absolute atomic E-state index is 0.154. The second-order valence-electron chi connectivity index (χ2n) is 8.34. The summed E-state index contributed by atoms with van der Waals surface area (Å²) in [7, 11) is 1.24. The van der Waals surface area contributed by atoms with Gasteiger partial charge in [0.1, 0.15) is 5.57 Å². The Morgan fingerprint density at radius 3 is 2.33 bits per heavy atom. The fraction of sp³-hybridized carbons (Fsp3) is 0.138. The minimum Gasteiger partial charge on any atom is -0.490 e.